The molecule has 0 atom stereocenters. The molecular formula is C19H17ClN4O2. The monoisotopic (exact) mass is 368 g/mol. The third-order valence-electron chi connectivity index (χ3n) is 4.95. The molecule has 7 heteroatoms. The Morgan fingerprint density at radius 2 is 2.19 bits per heavy atom. The van der Waals surface area contributed by atoms with E-state index in [1.54, 1.807) is 6.07 Å². The number of phenolic OH excluding ortho intramolecular Hbond substituents is 1. The molecule has 1 aliphatic carbocycles. The lowest BCUT2D eigenvalue weighted by Crippen LogP contribution is -2.37. The first-order valence-corrected chi connectivity index (χ1v) is 8.86. The van der Waals surface area contributed by atoms with Gasteiger partial charge in [0.25, 0.3) is 0 Å². The zero-order valence-electron chi connectivity index (χ0n) is 14.0. The number of nitrogens with two attached hydrogens (primary N) is 1. The van der Waals surface area contributed by atoms with Crippen molar-refractivity contribution in [2.45, 2.75) is 25.8 Å². The number of nitrogens with zero attached hydrogens (tertiary/aromatic N) is 3. The molecule has 1 saturated carbocycles. The zero-order valence-corrected chi connectivity index (χ0v) is 14.8. The van der Waals surface area contributed by atoms with Crippen LogP contribution in [0.2, 0.25) is 5.02 Å². The molecule has 6 nitrogen and oxygen atoms in total. The molecule has 4 rings (SSSR count). The van der Waals surface area contributed by atoms with Crippen LogP contribution in [0, 0.1) is 17.2 Å². The number of carbonyl (C=O) groups is 1. The quantitative estimate of drug-likeness (QED) is 0.848. The predicted molar refractivity (Wildman–Crippen MR) is 97.3 cm³/mol. The van der Waals surface area contributed by atoms with Crippen molar-refractivity contribution in [3.8, 4) is 22.9 Å². The molecule has 1 aliphatic heterocycles. The Kier molecular flexibility index (Phi) is 3.97. The topological polar surface area (TPSA) is 103 Å². The third-order valence-corrected chi connectivity index (χ3v) is 5.26. The van der Waals surface area contributed by atoms with E-state index in [1.807, 2.05) is 4.90 Å². The van der Waals surface area contributed by atoms with Crippen LogP contribution in [0.1, 0.15) is 29.7 Å². The SMILES string of the molecule is N#Cc1c(N)nc2c(c1-c1ccc(O)cc1Cl)CN(C(=O)C1CC1)CC2. The second kappa shape index (κ2) is 6.19. The Bertz CT molecular complexity index is 963. The Balaban J connectivity index is 1.88. The summed E-state index contributed by atoms with van der Waals surface area (Å²) in [5.41, 5.74) is 9.08. The molecule has 1 aromatic carbocycles. The Morgan fingerprint density at radius 1 is 1.42 bits per heavy atom. The summed E-state index contributed by atoms with van der Waals surface area (Å²) in [5, 5.41) is 19.6. The molecule has 0 radical (unpaired) electrons. The van der Waals surface area contributed by atoms with Gasteiger partial charge in [-0.1, -0.05) is 11.6 Å². The highest BCUT2D eigenvalue weighted by atomic mass is 35.5. The molecule has 26 heavy (non-hydrogen) atoms. The molecule has 3 N–H and O–H groups in total. The Labute approximate surface area is 155 Å². The van der Waals surface area contributed by atoms with Gasteiger partial charge in [-0.3, -0.25) is 4.79 Å². The second-order valence-corrected chi connectivity index (χ2v) is 7.14. The molecule has 1 amide bonds. The number of nitriles is 1. The number of benzene rings is 1. The number of pyridine rings is 1. The lowest BCUT2D eigenvalue weighted by molar-refractivity contribution is -0.133. The first-order valence-electron chi connectivity index (χ1n) is 8.48. The van der Waals surface area contributed by atoms with Crippen molar-refractivity contribution in [3.05, 3.63) is 40.0 Å². The van der Waals surface area contributed by atoms with E-state index in [0.717, 1.165) is 24.1 Å². The van der Waals surface area contributed by atoms with Gasteiger partial charge in [0, 0.05) is 42.1 Å². The van der Waals surface area contributed by atoms with Crippen LogP contribution >= 0.6 is 11.6 Å². The van der Waals surface area contributed by atoms with Gasteiger partial charge in [-0.2, -0.15) is 5.26 Å². The number of fused-ring (bicyclic) bond motifs is 1. The molecule has 0 spiro atoms. The van der Waals surface area contributed by atoms with E-state index in [-0.39, 0.29) is 29.0 Å². The third kappa shape index (κ3) is 2.74. The number of aromatic nitrogens is 1. The summed E-state index contributed by atoms with van der Waals surface area (Å²) in [6, 6.07) is 6.73. The van der Waals surface area contributed by atoms with E-state index in [1.165, 1.54) is 12.1 Å². The maximum atomic E-state index is 12.5. The lowest BCUT2D eigenvalue weighted by atomic mass is 9.90. The number of aromatic hydroxyl groups is 1. The van der Waals surface area contributed by atoms with Crippen LogP contribution in [-0.4, -0.2) is 27.4 Å². The summed E-state index contributed by atoms with van der Waals surface area (Å²) >= 11 is 6.34. The van der Waals surface area contributed by atoms with Crippen LogP contribution in [-0.2, 0) is 17.8 Å². The summed E-state index contributed by atoms with van der Waals surface area (Å²) in [6.07, 6.45) is 2.48. The molecule has 2 heterocycles. The van der Waals surface area contributed by atoms with Crippen molar-refractivity contribution in [1.82, 2.24) is 9.88 Å². The molecule has 132 valence electrons. The number of carbonyl (C=O) groups excluding carboxylic acids is 1. The van der Waals surface area contributed by atoms with Crippen LogP contribution in [0.15, 0.2) is 18.2 Å². The first kappa shape index (κ1) is 16.7. The van der Waals surface area contributed by atoms with Gasteiger partial charge in [-0.05, 0) is 31.0 Å². The minimum Gasteiger partial charge on any atom is -0.508 e. The summed E-state index contributed by atoms with van der Waals surface area (Å²) in [7, 11) is 0. The second-order valence-electron chi connectivity index (χ2n) is 6.73. The fourth-order valence-corrected chi connectivity index (χ4v) is 3.74. The van der Waals surface area contributed by atoms with Gasteiger partial charge in [0.15, 0.2) is 0 Å². The van der Waals surface area contributed by atoms with Crippen molar-refractivity contribution in [3.63, 3.8) is 0 Å². The number of phenols is 1. The minimum absolute atomic E-state index is 0.0405. The number of halogens is 1. The summed E-state index contributed by atoms with van der Waals surface area (Å²) in [4.78, 5) is 18.7. The zero-order chi connectivity index (χ0) is 18.4. The standard InChI is InChI=1S/C19H17ClN4O2/c20-15-7-11(25)3-4-12(15)17-13(8-21)18(22)23-16-5-6-24(9-14(16)17)19(26)10-1-2-10/h3-4,7,10,25H,1-2,5-6,9H2,(H2,22,23). The van der Waals surface area contributed by atoms with Gasteiger partial charge in [-0.15, -0.1) is 0 Å². The van der Waals surface area contributed by atoms with Gasteiger partial charge in [0.2, 0.25) is 5.91 Å². The van der Waals surface area contributed by atoms with Crippen LogP contribution < -0.4 is 5.73 Å². The molecule has 1 aromatic heterocycles. The largest absolute Gasteiger partial charge is 0.508 e. The van der Waals surface area contributed by atoms with E-state index in [9.17, 15) is 15.2 Å². The normalized spacial score (nSPS) is 16.1. The van der Waals surface area contributed by atoms with Crippen molar-refractivity contribution in [2.75, 3.05) is 12.3 Å². The average Bonchev–Trinajstić information content (AvgIpc) is 3.45. The van der Waals surface area contributed by atoms with Gasteiger partial charge in [-0.25, -0.2) is 4.98 Å². The predicted octanol–water partition coefficient (Wildman–Crippen LogP) is 2.86. The van der Waals surface area contributed by atoms with E-state index in [4.69, 9.17) is 17.3 Å². The van der Waals surface area contributed by atoms with E-state index in [0.29, 0.717) is 35.7 Å². The molecule has 0 bridgehead atoms. The highest BCUT2D eigenvalue weighted by Crippen LogP contribution is 2.40. The molecular weight excluding hydrogens is 352 g/mol. The van der Waals surface area contributed by atoms with Gasteiger partial charge in [0.05, 0.1) is 10.7 Å². The van der Waals surface area contributed by atoms with E-state index >= 15 is 0 Å². The van der Waals surface area contributed by atoms with Crippen LogP contribution in [0.25, 0.3) is 11.1 Å². The molecule has 0 unspecified atom stereocenters. The van der Waals surface area contributed by atoms with Crippen LogP contribution in [0.3, 0.4) is 0 Å². The fraction of sp³-hybridized carbons (Fsp3) is 0.316. The number of nitrogen functional groups attached to an aromatic ring is 1. The first-order chi connectivity index (χ1) is 12.5. The number of amides is 1. The van der Waals surface area contributed by atoms with Gasteiger partial charge < -0.3 is 15.7 Å². The smallest absolute Gasteiger partial charge is 0.225 e. The number of rotatable bonds is 2. The number of hydrogen-bond acceptors (Lipinski definition) is 5. The average molecular weight is 369 g/mol. The van der Waals surface area contributed by atoms with E-state index in [2.05, 4.69) is 11.1 Å². The lowest BCUT2D eigenvalue weighted by Gasteiger charge is -2.31. The van der Waals surface area contributed by atoms with Gasteiger partial charge in [0.1, 0.15) is 23.2 Å². The number of anilines is 1. The molecule has 1 fully saturated rings. The maximum absolute atomic E-state index is 12.5. The molecule has 2 aliphatic rings. The van der Waals surface area contributed by atoms with Gasteiger partial charge >= 0.3 is 0 Å². The van der Waals surface area contributed by atoms with Crippen molar-refractivity contribution in [2.24, 2.45) is 5.92 Å². The highest BCUT2D eigenvalue weighted by Gasteiger charge is 2.36. The summed E-state index contributed by atoms with van der Waals surface area (Å²) in [5.74, 6) is 0.495. The summed E-state index contributed by atoms with van der Waals surface area (Å²) < 4.78 is 0. The summed E-state index contributed by atoms with van der Waals surface area (Å²) in [6.45, 7) is 0.989. The maximum Gasteiger partial charge on any atom is 0.225 e. The van der Waals surface area contributed by atoms with Crippen molar-refractivity contribution >= 4 is 23.3 Å². The van der Waals surface area contributed by atoms with Crippen LogP contribution in [0.5, 0.6) is 5.75 Å². The van der Waals surface area contributed by atoms with Crippen molar-refractivity contribution < 1.29 is 9.90 Å². The molecule has 0 saturated heterocycles. The Morgan fingerprint density at radius 3 is 2.85 bits per heavy atom. The minimum atomic E-state index is 0.0405. The highest BCUT2D eigenvalue weighted by molar-refractivity contribution is 6.33. The van der Waals surface area contributed by atoms with E-state index < -0.39 is 0 Å². The fourth-order valence-electron chi connectivity index (χ4n) is 3.47. The molecule has 2 aromatic rings. The van der Waals surface area contributed by atoms with Crippen molar-refractivity contribution in [1.29, 1.82) is 5.26 Å². The Hall–Kier alpha value is -2.78. The number of hydrogen-bond donors (Lipinski definition) is 2. The van der Waals surface area contributed by atoms with Crippen LogP contribution in [0.4, 0.5) is 5.82 Å².